The first kappa shape index (κ1) is 15.5. The van der Waals surface area contributed by atoms with Crippen molar-refractivity contribution in [3.05, 3.63) is 0 Å². The molecule has 6 heteroatoms. The molecule has 0 atom stereocenters. The molecule has 0 saturated carbocycles. The van der Waals surface area contributed by atoms with E-state index in [1.807, 2.05) is 0 Å². The van der Waals surface area contributed by atoms with E-state index in [0.29, 0.717) is 0 Å². The average Bonchev–Trinajstić information content (AvgIpc) is 2.17. The summed E-state index contributed by atoms with van der Waals surface area (Å²) >= 11 is 7.84. The van der Waals surface area contributed by atoms with E-state index >= 15 is 0 Å². The van der Waals surface area contributed by atoms with Crippen molar-refractivity contribution in [1.82, 2.24) is 0 Å². The molecule has 0 saturated heterocycles. The standard InChI is InChI=1S/2C4H9S.CH3NO2.Ni/c2*1-2-3-4-5;2-1(3)4;/h2*5H,1-4H2;2H2,(H,3,4);/q;;;+1/p-1. The van der Waals surface area contributed by atoms with E-state index in [-0.39, 0.29) is 0 Å². The Morgan fingerprint density at radius 3 is 1.87 bits per heavy atom. The Hall–Kier alpha value is 0.464. The number of hydrogen-bond acceptors (Lipinski definition) is 4. The zero-order valence-electron chi connectivity index (χ0n) is 8.76. The number of thiol groups is 2. The molecule has 0 heterocycles. The van der Waals surface area contributed by atoms with Crippen LogP contribution in [-0.4, -0.2) is 17.6 Å². The number of primary amides is 1. The first-order chi connectivity index (χ1) is 7.20. The second-order valence-electron chi connectivity index (χ2n) is 2.90. The van der Waals surface area contributed by atoms with Gasteiger partial charge in [0.05, 0.1) is 0 Å². The Bertz CT molecular complexity index is 162. The van der Waals surface area contributed by atoms with Crippen LogP contribution < -0.4 is 5.73 Å². The van der Waals surface area contributed by atoms with Crippen LogP contribution in [-0.2, 0) is 17.6 Å². The van der Waals surface area contributed by atoms with Crippen LogP contribution in [0.15, 0.2) is 0 Å². The van der Waals surface area contributed by atoms with Gasteiger partial charge in [0, 0.05) is 0 Å². The first-order valence-electron chi connectivity index (χ1n) is 4.91. The van der Waals surface area contributed by atoms with Crippen LogP contribution in [0.4, 0.5) is 4.79 Å². The van der Waals surface area contributed by atoms with Gasteiger partial charge in [-0.25, -0.2) is 0 Å². The van der Waals surface area contributed by atoms with E-state index in [0.717, 1.165) is 48.0 Å². The summed E-state index contributed by atoms with van der Waals surface area (Å²) in [7, 11) is 0. The van der Waals surface area contributed by atoms with Gasteiger partial charge < -0.3 is 0 Å². The monoisotopic (exact) mass is 296 g/mol. The third-order valence-electron chi connectivity index (χ3n) is 1.55. The Balaban J connectivity index is 3.68. The van der Waals surface area contributed by atoms with E-state index < -0.39 is 19.8 Å². The van der Waals surface area contributed by atoms with E-state index in [2.05, 4.69) is 25.3 Å². The van der Waals surface area contributed by atoms with Crippen LogP contribution in [0.1, 0.15) is 25.7 Å². The zero-order chi connectivity index (χ0) is 11.5. The number of rotatable bonds is 9. The molecule has 2 N–H and O–H groups in total. The molecule has 0 aromatic heterocycles. The molecule has 0 radical (unpaired) electrons. The third-order valence-corrected chi connectivity index (χ3v) is 4.46. The van der Waals surface area contributed by atoms with Gasteiger partial charge in [-0.2, -0.15) is 0 Å². The molecule has 3 nitrogen and oxygen atoms in total. The van der Waals surface area contributed by atoms with E-state index in [1.165, 1.54) is 0 Å². The Morgan fingerprint density at radius 2 is 1.53 bits per heavy atom. The number of carbonyl (C=O) groups is 1. The van der Waals surface area contributed by atoms with Gasteiger partial charge in [-0.15, -0.1) is 0 Å². The van der Waals surface area contributed by atoms with Crippen LogP contribution >= 0.6 is 25.3 Å². The molecule has 0 aliphatic carbocycles. The fourth-order valence-electron chi connectivity index (χ4n) is 0.865. The Morgan fingerprint density at radius 1 is 1.07 bits per heavy atom. The number of unbranched alkanes of at least 4 members (excludes halogenated alkanes) is 2. The van der Waals surface area contributed by atoms with Crippen LogP contribution in [0.3, 0.4) is 0 Å². The molecule has 0 aliphatic heterocycles. The van der Waals surface area contributed by atoms with Gasteiger partial charge in [-0.05, 0) is 0 Å². The molecule has 0 bridgehead atoms. The van der Waals surface area contributed by atoms with Crippen molar-refractivity contribution in [1.29, 1.82) is 0 Å². The second kappa shape index (κ2) is 11.0. The van der Waals surface area contributed by atoms with Crippen molar-refractivity contribution >= 4 is 31.4 Å². The van der Waals surface area contributed by atoms with Gasteiger partial charge in [-0.1, -0.05) is 0 Å². The molecular weight excluding hydrogens is 277 g/mol. The van der Waals surface area contributed by atoms with Gasteiger partial charge in [0.2, 0.25) is 0 Å². The van der Waals surface area contributed by atoms with Gasteiger partial charge >= 0.3 is 107 Å². The molecule has 0 rings (SSSR count). The first-order valence-corrected chi connectivity index (χ1v) is 7.97. The van der Waals surface area contributed by atoms with Crippen molar-refractivity contribution in [3.8, 4) is 0 Å². The number of hydrogen-bond donors (Lipinski definition) is 3. The molecule has 0 unspecified atom stereocenters. The van der Waals surface area contributed by atoms with Crippen molar-refractivity contribution in [3.63, 3.8) is 0 Å². The van der Waals surface area contributed by atoms with E-state index in [9.17, 15) is 4.79 Å². The molecule has 95 valence electrons. The van der Waals surface area contributed by atoms with Crippen LogP contribution in [0.2, 0.25) is 10.8 Å². The summed E-state index contributed by atoms with van der Waals surface area (Å²) in [6.45, 7) is 0. The predicted molar refractivity (Wildman–Crippen MR) is 66.5 cm³/mol. The number of nitrogens with two attached hydrogens (primary N) is 1. The number of carbonyl (C=O) groups excluding carboxylic acids is 1. The maximum atomic E-state index is 10.7. The molecule has 0 aromatic rings. The quantitative estimate of drug-likeness (QED) is 0.348. The summed E-state index contributed by atoms with van der Waals surface area (Å²) in [5, 5.41) is 1.85. The maximum absolute atomic E-state index is 10.7. The van der Waals surface area contributed by atoms with Crippen molar-refractivity contribution < 1.29 is 22.4 Å². The fraction of sp³-hybridized carbons (Fsp3) is 0.889. The van der Waals surface area contributed by atoms with Crippen LogP contribution in [0, 0.1) is 0 Å². The van der Waals surface area contributed by atoms with E-state index in [1.54, 1.807) is 0 Å². The van der Waals surface area contributed by atoms with Crippen LogP contribution in [0.25, 0.3) is 0 Å². The Labute approximate surface area is 107 Å². The molecule has 0 spiro atoms. The minimum absolute atomic E-state index is 0.437. The molecule has 15 heavy (non-hydrogen) atoms. The molecule has 0 fully saturated rings. The fourth-order valence-corrected chi connectivity index (χ4v) is 3.31. The summed E-state index contributed by atoms with van der Waals surface area (Å²) in [6, 6.07) is 0. The summed E-state index contributed by atoms with van der Waals surface area (Å²) < 4.78 is 5.07. The predicted octanol–water partition coefficient (Wildman–Crippen LogP) is 2.87. The van der Waals surface area contributed by atoms with Crippen LogP contribution in [0.5, 0.6) is 0 Å². The van der Waals surface area contributed by atoms with Crippen molar-refractivity contribution in [2.24, 2.45) is 5.73 Å². The molecule has 0 aromatic carbocycles. The normalized spacial score (nSPS) is 11.2. The van der Waals surface area contributed by atoms with Gasteiger partial charge in [-0.3, -0.25) is 0 Å². The van der Waals surface area contributed by atoms with E-state index in [4.69, 9.17) is 9.61 Å². The molecule has 0 aliphatic rings. The summed E-state index contributed by atoms with van der Waals surface area (Å²) in [5.41, 5.74) is 5.02. The van der Waals surface area contributed by atoms with Gasteiger partial charge in [0.1, 0.15) is 0 Å². The Kier molecular flexibility index (Phi) is 11.3. The molecular formula is C9H20NNiO2S2. The van der Waals surface area contributed by atoms with Crippen molar-refractivity contribution in [2.45, 2.75) is 36.5 Å². The third kappa shape index (κ3) is 10.7. The van der Waals surface area contributed by atoms with Gasteiger partial charge in [0.25, 0.3) is 0 Å². The number of amides is 1. The second-order valence-corrected chi connectivity index (χ2v) is 6.05. The average molecular weight is 297 g/mol. The van der Waals surface area contributed by atoms with Gasteiger partial charge in [0.15, 0.2) is 0 Å². The topological polar surface area (TPSA) is 52.3 Å². The summed E-state index contributed by atoms with van der Waals surface area (Å²) in [6.07, 6.45) is 3.57. The zero-order valence-corrected chi connectivity index (χ0v) is 11.5. The molecule has 1 amide bonds. The summed E-state index contributed by atoms with van der Waals surface area (Å²) in [4.78, 5) is 10.7. The van der Waals surface area contributed by atoms with Crippen molar-refractivity contribution in [2.75, 3.05) is 11.5 Å². The SMILES string of the molecule is NC(=O)[O][Ni]([CH2]CCCS)[CH2]CCCS. The minimum atomic E-state index is -0.651. The summed E-state index contributed by atoms with van der Waals surface area (Å²) in [5.74, 6) is 1.76.